The van der Waals surface area contributed by atoms with Gasteiger partial charge in [-0.25, -0.2) is 13.8 Å². The van der Waals surface area contributed by atoms with Crippen molar-refractivity contribution in [1.82, 2.24) is 20.1 Å². The summed E-state index contributed by atoms with van der Waals surface area (Å²) in [4.78, 5) is 15.6. The molecule has 1 heterocycles. The third-order valence-electron chi connectivity index (χ3n) is 2.29. The lowest BCUT2D eigenvalue weighted by molar-refractivity contribution is 0.0941. The van der Waals surface area contributed by atoms with E-state index in [4.69, 9.17) is 0 Å². The van der Waals surface area contributed by atoms with E-state index in [-0.39, 0.29) is 11.0 Å². The number of carbonyl (C=O) groups excluding carboxylic acids is 1. The van der Waals surface area contributed by atoms with Gasteiger partial charge in [-0.1, -0.05) is 15.9 Å². The van der Waals surface area contributed by atoms with Crippen molar-refractivity contribution in [3.8, 4) is 0 Å². The summed E-state index contributed by atoms with van der Waals surface area (Å²) in [6.45, 7) is -0.00534. The summed E-state index contributed by atoms with van der Waals surface area (Å²) in [5.41, 5.74) is -0.626. The van der Waals surface area contributed by atoms with Crippen LogP contribution in [0.15, 0.2) is 22.9 Å². The molecule has 2 aromatic rings. The third-order valence-corrected chi connectivity index (χ3v) is 2.75. The maximum atomic E-state index is 13.5. The molecule has 19 heavy (non-hydrogen) atoms. The van der Waals surface area contributed by atoms with Gasteiger partial charge < -0.3 is 5.32 Å². The number of halogens is 3. The van der Waals surface area contributed by atoms with E-state index in [1.807, 2.05) is 0 Å². The molecule has 1 N–H and O–H groups in total. The number of hydrogen-bond donors (Lipinski definition) is 1. The largest absolute Gasteiger partial charge is 0.344 e. The van der Waals surface area contributed by atoms with E-state index in [9.17, 15) is 13.6 Å². The normalized spacial score (nSPS) is 10.5. The van der Waals surface area contributed by atoms with Crippen LogP contribution < -0.4 is 5.32 Å². The minimum Gasteiger partial charge on any atom is -0.344 e. The van der Waals surface area contributed by atoms with Gasteiger partial charge in [0.1, 0.15) is 23.5 Å². The second-order valence-corrected chi connectivity index (χ2v) is 4.68. The van der Waals surface area contributed by atoms with Crippen molar-refractivity contribution in [3.05, 3.63) is 46.0 Å². The molecule has 0 aliphatic heterocycles. The summed E-state index contributed by atoms with van der Waals surface area (Å²) in [5.74, 6) is -2.36. The lowest BCUT2D eigenvalue weighted by Gasteiger charge is -2.06. The van der Waals surface area contributed by atoms with Gasteiger partial charge in [0.2, 0.25) is 0 Å². The fourth-order valence-corrected chi connectivity index (χ4v) is 1.87. The fraction of sp³-hybridized carbons (Fsp3) is 0.182. The monoisotopic (exact) mass is 330 g/mol. The van der Waals surface area contributed by atoms with Crippen molar-refractivity contribution in [3.63, 3.8) is 0 Å². The minimum atomic E-state index is -0.932. The van der Waals surface area contributed by atoms with Crippen LogP contribution in [0.3, 0.4) is 0 Å². The molecule has 0 atom stereocenters. The number of nitrogens with one attached hydrogen (secondary N) is 1. The Morgan fingerprint density at radius 3 is 2.58 bits per heavy atom. The number of aromatic nitrogens is 3. The first-order chi connectivity index (χ1) is 8.97. The van der Waals surface area contributed by atoms with E-state index in [0.29, 0.717) is 5.82 Å². The smallest absolute Gasteiger partial charge is 0.257 e. The number of carbonyl (C=O) groups is 1. The number of amides is 1. The standard InChI is InChI=1S/C11H9BrF2N4O/c1-18-5-16-9(17-18)4-15-11(19)10-7(13)2-6(12)3-8(10)14/h2-3,5H,4H2,1H3,(H,15,19). The molecule has 100 valence electrons. The predicted molar refractivity (Wildman–Crippen MR) is 66.2 cm³/mol. The van der Waals surface area contributed by atoms with E-state index in [1.54, 1.807) is 7.05 Å². The van der Waals surface area contributed by atoms with Gasteiger partial charge in [-0.05, 0) is 12.1 Å². The maximum absolute atomic E-state index is 13.5. The Hall–Kier alpha value is -1.83. The van der Waals surface area contributed by atoms with Crippen molar-refractivity contribution < 1.29 is 13.6 Å². The first-order valence-electron chi connectivity index (χ1n) is 5.24. The van der Waals surface area contributed by atoms with Crippen LogP contribution in [0, 0.1) is 11.6 Å². The van der Waals surface area contributed by atoms with Crippen LogP contribution in [-0.4, -0.2) is 20.7 Å². The molecule has 0 radical (unpaired) electrons. The quantitative estimate of drug-likeness (QED) is 0.933. The van der Waals surface area contributed by atoms with Crippen LogP contribution in [-0.2, 0) is 13.6 Å². The highest BCUT2D eigenvalue weighted by Crippen LogP contribution is 2.19. The Morgan fingerprint density at radius 2 is 2.05 bits per heavy atom. The Labute approximate surface area is 115 Å². The molecule has 8 heteroatoms. The molecule has 0 spiro atoms. The fourth-order valence-electron chi connectivity index (χ4n) is 1.47. The summed E-state index contributed by atoms with van der Waals surface area (Å²) in [6, 6.07) is 2.05. The van der Waals surface area contributed by atoms with Crippen molar-refractivity contribution in [1.29, 1.82) is 0 Å². The molecule has 1 aromatic carbocycles. The first kappa shape index (κ1) is 13.6. The molecule has 0 bridgehead atoms. The van der Waals surface area contributed by atoms with Crippen molar-refractivity contribution in [2.75, 3.05) is 0 Å². The second-order valence-electron chi connectivity index (χ2n) is 3.76. The molecular weight excluding hydrogens is 322 g/mol. The van der Waals surface area contributed by atoms with Gasteiger partial charge in [-0.2, -0.15) is 5.10 Å². The molecule has 1 amide bonds. The molecule has 0 saturated carbocycles. The first-order valence-corrected chi connectivity index (χ1v) is 6.04. The zero-order chi connectivity index (χ0) is 14.0. The van der Waals surface area contributed by atoms with Gasteiger partial charge in [0.05, 0.1) is 6.54 Å². The molecule has 2 rings (SSSR count). The zero-order valence-electron chi connectivity index (χ0n) is 9.82. The Morgan fingerprint density at radius 1 is 1.42 bits per heavy atom. The Kier molecular flexibility index (Phi) is 3.89. The van der Waals surface area contributed by atoms with Crippen molar-refractivity contribution in [2.24, 2.45) is 7.05 Å². The molecule has 0 unspecified atom stereocenters. The lowest BCUT2D eigenvalue weighted by Crippen LogP contribution is -2.25. The molecule has 0 fully saturated rings. The minimum absolute atomic E-state index is 0.00534. The summed E-state index contributed by atoms with van der Waals surface area (Å²) in [7, 11) is 1.67. The van der Waals surface area contributed by atoms with Gasteiger partial charge in [0.15, 0.2) is 5.82 Å². The summed E-state index contributed by atoms with van der Waals surface area (Å²) in [5, 5.41) is 6.29. The average molecular weight is 331 g/mol. The third kappa shape index (κ3) is 3.14. The van der Waals surface area contributed by atoms with Crippen LogP contribution >= 0.6 is 15.9 Å². The molecule has 0 aliphatic carbocycles. The second kappa shape index (κ2) is 5.43. The van der Waals surface area contributed by atoms with Crippen LogP contribution in [0.1, 0.15) is 16.2 Å². The zero-order valence-corrected chi connectivity index (χ0v) is 11.4. The maximum Gasteiger partial charge on any atom is 0.257 e. The predicted octanol–water partition coefficient (Wildman–Crippen LogP) is 1.79. The van der Waals surface area contributed by atoms with Gasteiger partial charge in [0, 0.05) is 11.5 Å². The average Bonchev–Trinajstić information content (AvgIpc) is 2.71. The number of aryl methyl sites for hydroxylation is 1. The number of rotatable bonds is 3. The number of hydrogen-bond acceptors (Lipinski definition) is 3. The highest BCUT2D eigenvalue weighted by molar-refractivity contribution is 9.10. The molecule has 1 aromatic heterocycles. The molecule has 0 saturated heterocycles. The lowest BCUT2D eigenvalue weighted by atomic mass is 10.2. The number of nitrogens with zero attached hydrogens (tertiary/aromatic N) is 3. The van der Waals surface area contributed by atoms with Crippen molar-refractivity contribution in [2.45, 2.75) is 6.54 Å². The van der Waals surface area contributed by atoms with Crippen LogP contribution in [0.25, 0.3) is 0 Å². The molecule has 0 aliphatic rings. The highest BCUT2D eigenvalue weighted by atomic mass is 79.9. The van der Waals surface area contributed by atoms with Crippen LogP contribution in [0.5, 0.6) is 0 Å². The van der Waals surface area contributed by atoms with E-state index >= 15 is 0 Å². The summed E-state index contributed by atoms with van der Waals surface area (Å²) >= 11 is 2.94. The van der Waals surface area contributed by atoms with Gasteiger partial charge in [-0.15, -0.1) is 0 Å². The molecule has 5 nitrogen and oxygen atoms in total. The molecular formula is C11H9BrF2N4O. The van der Waals surface area contributed by atoms with Crippen LogP contribution in [0.2, 0.25) is 0 Å². The van der Waals surface area contributed by atoms with E-state index in [2.05, 4.69) is 31.3 Å². The topological polar surface area (TPSA) is 59.8 Å². The summed E-state index contributed by atoms with van der Waals surface area (Å²) in [6.07, 6.45) is 1.46. The van der Waals surface area contributed by atoms with Crippen molar-refractivity contribution >= 4 is 21.8 Å². The Bertz CT molecular complexity index is 606. The van der Waals surface area contributed by atoms with E-state index in [1.165, 1.54) is 11.0 Å². The SMILES string of the molecule is Cn1cnc(CNC(=O)c2c(F)cc(Br)cc2F)n1. The van der Waals surface area contributed by atoms with Gasteiger partial charge in [0.25, 0.3) is 5.91 Å². The Balaban J connectivity index is 2.12. The summed E-state index contributed by atoms with van der Waals surface area (Å²) < 4.78 is 28.7. The van der Waals surface area contributed by atoms with Gasteiger partial charge in [-0.3, -0.25) is 9.48 Å². The van der Waals surface area contributed by atoms with Crippen LogP contribution in [0.4, 0.5) is 8.78 Å². The highest BCUT2D eigenvalue weighted by Gasteiger charge is 2.18. The van der Waals surface area contributed by atoms with E-state index in [0.717, 1.165) is 12.1 Å². The van der Waals surface area contributed by atoms with E-state index < -0.39 is 23.1 Å². The number of benzene rings is 1. The van der Waals surface area contributed by atoms with Gasteiger partial charge >= 0.3 is 0 Å².